The number of benzene rings is 1. The first-order valence-corrected chi connectivity index (χ1v) is 4.97. The van der Waals surface area contributed by atoms with Crippen molar-refractivity contribution in [3.8, 4) is 0 Å². The maximum Gasteiger partial charge on any atom is 0.241 e. The molecule has 1 aliphatic rings. The smallest absolute Gasteiger partial charge is 0.207 e. The van der Waals surface area contributed by atoms with E-state index in [-0.39, 0.29) is 17.0 Å². The van der Waals surface area contributed by atoms with Gasteiger partial charge in [-0.2, -0.15) is 0 Å². The second-order valence-corrected chi connectivity index (χ2v) is 4.40. The second kappa shape index (κ2) is 2.49. The van der Waals surface area contributed by atoms with E-state index in [4.69, 9.17) is 0 Å². The lowest BCUT2D eigenvalue weighted by Gasteiger charge is -1.98. The van der Waals surface area contributed by atoms with Gasteiger partial charge in [0.1, 0.15) is 0 Å². The standard InChI is InChI=1S/C7H5F2NO2S/c8-5-1-2-6-4(7(5)9)3-10-13(6,11)12/h1-2,10H,3H2. The average Bonchev–Trinajstić information content (AvgIpc) is 2.35. The lowest BCUT2D eigenvalue weighted by Crippen LogP contribution is -2.13. The Bertz CT molecular complexity index is 470. The molecule has 0 saturated carbocycles. The van der Waals surface area contributed by atoms with Crippen LogP contribution in [0.4, 0.5) is 8.78 Å². The highest BCUT2D eigenvalue weighted by Crippen LogP contribution is 2.25. The summed E-state index contributed by atoms with van der Waals surface area (Å²) in [5, 5.41) is 0. The topological polar surface area (TPSA) is 46.2 Å². The Labute approximate surface area is 73.4 Å². The summed E-state index contributed by atoms with van der Waals surface area (Å²) in [5.41, 5.74) is -0.125. The van der Waals surface area contributed by atoms with Crippen molar-refractivity contribution in [2.24, 2.45) is 0 Å². The first-order chi connectivity index (χ1) is 6.02. The fourth-order valence-corrected chi connectivity index (χ4v) is 2.46. The Kier molecular flexibility index (Phi) is 1.64. The lowest BCUT2D eigenvalue weighted by atomic mass is 10.2. The summed E-state index contributed by atoms with van der Waals surface area (Å²) < 4.78 is 49.9. The maximum atomic E-state index is 13.0. The van der Waals surface area contributed by atoms with Gasteiger partial charge in [0.25, 0.3) is 0 Å². The van der Waals surface area contributed by atoms with Gasteiger partial charge in [-0.1, -0.05) is 0 Å². The minimum Gasteiger partial charge on any atom is -0.207 e. The van der Waals surface area contributed by atoms with Gasteiger partial charge >= 0.3 is 0 Å². The highest BCUT2D eigenvalue weighted by Gasteiger charge is 2.29. The van der Waals surface area contributed by atoms with Gasteiger partial charge in [-0.25, -0.2) is 21.9 Å². The van der Waals surface area contributed by atoms with E-state index in [0.29, 0.717) is 0 Å². The quantitative estimate of drug-likeness (QED) is 0.679. The van der Waals surface area contributed by atoms with E-state index in [1.807, 2.05) is 0 Å². The van der Waals surface area contributed by atoms with E-state index in [1.165, 1.54) is 0 Å². The summed E-state index contributed by atoms with van der Waals surface area (Å²) in [4.78, 5) is -0.175. The third kappa shape index (κ3) is 1.13. The van der Waals surface area contributed by atoms with Crippen LogP contribution >= 0.6 is 0 Å². The van der Waals surface area contributed by atoms with Crippen molar-refractivity contribution < 1.29 is 17.2 Å². The normalized spacial score (nSPS) is 18.6. The largest absolute Gasteiger partial charge is 0.241 e. The SMILES string of the molecule is O=S1(=O)NCc2c1ccc(F)c2F. The van der Waals surface area contributed by atoms with Crippen LogP contribution in [0.3, 0.4) is 0 Å². The number of rotatable bonds is 0. The van der Waals surface area contributed by atoms with Crippen LogP contribution in [0.2, 0.25) is 0 Å². The van der Waals surface area contributed by atoms with E-state index in [2.05, 4.69) is 4.72 Å². The fourth-order valence-electron chi connectivity index (χ4n) is 1.24. The number of fused-ring (bicyclic) bond motifs is 1. The zero-order chi connectivity index (χ0) is 9.64. The summed E-state index contributed by atoms with van der Waals surface area (Å²) in [6.07, 6.45) is 0. The van der Waals surface area contributed by atoms with E-state index in [9.17, 15) is 17.2 Å². The molecule has 0 spiro atoms. The molecule has 0 radical (unpaired) electrons. The zero-order valence-electron chi connectivity index (χ0n) is 6.34. The molecule has 1 N–H and O–H groups in total. The van der Waals surface area contributed by atoms with Gasteiger partial charge in [-0.15, -0.1) is 0 Å². The van der Waals surface area contributed by atoms with Gasteiger partial charge < -0.3 is 0 Å². The minimum absolute atomic E-state index is 0.125. The number of hydrogen-bond acceptors (Lipinski definition) is 2. The van der Waals surface area contributed by atoms with Gasteiger partial charge in [-0.3, -0.25) is 0 Å². The number of halogens is 2. The Balaban J connectivity index is 2.78. The van der Waals surface area contributed by atoms with E-state index >= 15 is 0 Å². The van der Waals surface area contributed by atoms with Crippen LogP contribution in [0, 0.1) is 11.6 Å². The van der Waals surface area contributed by atoms with Crippen molar-refractivity contribution in [2.75, 3.05) is 0 Å². The molecule has 1 aromatic rings. The monoisotopic (exact) mass is 205 g/mol. The highest BCUT2D eigenvalue weighted by molar-refractivity contribution is 7.89. The van der Waals surface area contributed by atoms with Crippen molar-refractivity contribution in [2.45, 2.75) is 11.4 Å². The highest BCUT2D eigenvalue weighted by atomic mass is 32.2. The molecular weight excluding hydrogens is 200 g/mol. The molecule has 0 bridgehead atoms. The van der Waals surface area contributed by atoms with Crippen molar-refractivity contribution in [3.05, 3.63) is 29.3 Å². The van der Waals surface area contributed by atoms with Gasteiger partial charge in [0, 0.05) is 12.1 Å². The number of sulfonamides is 1. The molecule has 2 rings (SSSR count). The molecule has 3 nitrogen and oxygen atoms in total. The molecule has 0 amide bonds. The van der Waals surface area contributed by atoms with Crippen molar-refractivity contribution in [1.82, 2.24) is 4.72 Å². The van der Waals surface area contributed by atoms with Crippen LogP contribution in [-0.4, -0.2) is 8.42 Å². The first kappa shape index (κ1) is 8.58. The predicted octanol–water partition coefficient (Wildman–Crippen LogP) is 0.757. The van der Waals surface area contributed by atoms with Gasteiger partial charge in [-0.05, 0) is 12.1 Å². The van der Waals surface area contributed by atoms with Gasteiger partial charge in [0.15, 0.2) is 11.6 Å². The average molecular weight is 205 g/mol. The molecule has 0 aromatic heterocycles. The van der Waals surface area contributed by atoms with Crippen molar-refractivity contribution in [3.63, 3.8) is 0 Å². The van der Waals surface area contributed by atoms with Crippen LogP contribution < -0.4 is 4.72 Å². The van der Waals surface area contributed by atoms with Gasteiger partial charge in [0.2, 0.25) is 10.0 Å². The summed E-state index contributed by atoms with van der Waals surface area (Å²) in [7, 11) is -3.60. The lowest BCUT2D eigenvalue weighted by molar-refractivity contribution is 0.495. The molecule has 1 heterocycles. The molecule has 6 heteroatoms. The van der Waals surface area contributed by atoms with Crippen LogP contribution in [0.1, 0.15) is 5.56 Å². The molecular formula is C7H5F2NO2S. The zero-order valence-corrected chi connectivity index (χ0v) is 7.16. The Morgan fingerprint density at radius 3 is 2.69 bits per heavy atom. The van der Waals surface area contributed by atoms with Crippen LogP contribution in [0.15, 0.2) is 17.0 Å². The maximum absolute atomic E-state index is 13.0. The summed E-state index contributed by atoms with van der Waals surface area (Å²) in [6.45, 7) is -0.179. The van der Waals surface area contributed by atoms with Gasteiger partial charge in [0.05, 0.1) is 4.90 Å². The molecule has 0 aliphatic carbocycles. The predicted molar refractivity (Wildman–Crippen MR) is 40.4 cm³/mol. The van der Waals surface area contributed by atoms with Crippen LogP contribution in [0.5, 0.6) is 0 Å². The third-order valence-corrected chi connectivity index (χ3v) is 3.37. The van der Waals surface area contributed by atoms with E-state index in [0.717, 1.165) is 12.1 Å². The number of hydrogen-bond donors (Lipinski definition) is 1. The second-order valence-electron chi connectivity index (χ2n) is 2.66. The van der Waals surface area contributed by atoms with E-state index < -0.39 is 21.7 Å². The molecule has 0 atom stereocenters. The molecule has 70 valence electrons. The minimum atomic E-state index is -3.60. The molecule has 0 fully saturated rings. The molecule has 13 heavy (non-hydrogen) atoms. The van der Waals surface area contributed by atoms with Crippen molar-refractivity contribution in [1.29, 1.82) is 0 Å². The molecule has 0 unspecified atom stereocenters. The fraction of sp³-hybridized carbons (Fsp3) is 0.143. The number of nitrogens with one attached hydrogen (secondary N) is 1. The summed E-state index contributed by atoms with van der Waals surface area (Å²) in [6, 6.07) is 1.86. The Morgan fingerprint density at radius 2 is 2.00 bits per heavy atom. The first-order valence-electron chi connectivity index (χ1n) is 3.49. The van der Waals surface area contributed by atoms with Crippen LogP contribution in [-0.2, 0) is 16.6 Å². The molecule has 1 aromatic carbocycles. The van der Waals surface area contributed by atoms with E-state index in [1.54, 1.807) is 0 Å². The third-order valence-electron chi connectivity index (χ3n) is 1.88. The van der Waals surface area contributed by atoms with Crippen molar-refractivity contribution >= 4 is 10.0 Å². The summed E-state index contributed by atoms with van der Waals surface area (Å²) in [5.74, 6) is -2.12. The Morgan fingerprint density at radius 1 is 1.31 bits per heavy atom. The summed E-state index contributed by atoms with van der Waals surface area (Å²) >= 11 is 0. The van der Waals surface area contributed by atoms with Crippen LogP contribution in [0.25, 0.3) is 0 Å². The molecule has 1 aliphatic heterocycles. The molecule has 0 saturated heterocycles. The Hall–Kier alpha value is -1.01.